The third-order valence-electron chi connectivity index (χ3n) is 4.46. The van der Waals surface area contributed by atoms with Gasteiger partial charge in [-0.2, -0.15) is 0 Å². The van der Waals surface area contributed by atoms with E-state index in [1.165, 1.54) is 0 Å². The number of imide groups is 1. The lowest BCUT2D eigenvalue weighted by molar-refractivity contribution is -0.121. The van der Waals surface area contributed by atoms with E-state index in [2.05, 4.69) is 10.6 Å². The number of nitrogens with one attached hydrogen (secondary N) is 2. The number of hydrogen-bond acceptors (Lipinski definition) is 5. The molecule has 0 radical (unpaired) electrons. The van der Waals surface area contributed by atoms with Crippen LogP contribution in [0.2, 0.25) is 0 Å². The molecule has 0 bridgehead atoms. The summed E-state index contributed by atoms with van der Waals surface area (Å²) in [6.45, 7) is 0.844. The number of benzene rings is 3. The van der Waals surface area contributed by atoms with E-state index in [1.54, 1.807) is 0 Å². The van der Waals surface area contributed by atoms with Gasteiger partial charge in [-0.05, 0) is 23.3 Å². The second-order valence-electron chi connectivity index (χ2n) is 7.02. The summed E-state index contributed by atoms with van der Waals surface area (Å²) < 4.78 is 10.9. The summed E-state index contributed by atoms with van der Waals surface area (Å²) in [6.07, 6.45) is -0.707. The highest BCUT2D eigenvalue weighted by Crippen LogP contribution is 2.11. The molecule has 0 aromatic heterocycles. The van der Waals surface area contributed by atoms with Gasteiger partial charge in [0, 0.05) is 12.1 Å². The van der Waals surface area contributed by atoms with Crippen molar-refractivity contribution in [3.8, 4) is 0 Å². The summed E-state index contributed by atoms with van der Waals surface area (Å²) in [5.41, 5.74) is 2.77. The minimum absolute atomic E-state index is 0.0596. The molecule has 3 aromatic rings. The molecule has 0 aliphatic rings. The number of rotatable bonds is 10. The van der Waals surface area contributed by atoms with Crippen LogP contribution in [0.5, 0.6) is 0 Å². The fraction of sp³-hybridized carbons (Fsp3) is 0.200. The molecule has 0 aliphatic heterocycles. The minimum Gasteiger partial charge on any atom is -0.444 e. The first-order chi connectivity index (χ1) is 15.2. The summed E-state index contributed by atoms with van der Waals surface area (Å²) in [7, 11) is 0. The number of ether oxygens (including phenoxy) is 2. The molecule has 3 rings (SSSR count). The first kappa shape index (κ1) is 22.1. The van der Waals surface area contributed by atoms with Gasteiger partial charge in [0.25, 0.3) is 0 Å². The van der Waals surface area contributed by atoms with Crippen molar-refractivity contribution in [2.24, 2.45) is 0 Å². The van der Waals surface area contributed by atoms with Crippen molar-refractivity contribution < 1.29 is 19.1 Å². The predicted molar refractivity (Wildman–Crippen MR) is 119 cm³/mol. The maximum atomic E-state index is 12.4. The smallest absolute Gasteiger partial charge is 0.414 e. The average molecular weight is 418 g/mol. The van der Waals surface area contributed by atoms with Gasteiger partial charge in [-0.3, -0.25) is 10.1 Å². The van der Waals surface area contributed by atoms with E-state index in [-0.39, 0.29) is 19.1 Å². The number of hydrogen-bond donors (Lipinski definition) is 2. The largest absolute Gasteiger partial charge is 0.444 e. The van der Waals surface area contributed by atoms with Gasteiger partial charge in [0.15, 0.2) is 0 Å². The molecular formula is C25H26N2O4. The Hall–Kier alpha value is -3.64. The van der Waals surface area contributed by atoms with Gasteiger partial charge in [-0.1, -0.05) is 78.9 Å². The fourth-order valence-electron chi connectivity index (χ4n) is 2.96. The lowest BCUT2D eigenvalue weighted by Crippen LogP contribution is -2.37. The first-order valence-corrected chi connectivity index (χ1v) is 10.1. The van der Waals surface area contributed by atoms with Crippen molar-refractivity contribution in [2.45, 2.75) is 25.7 Å². The van der Waals surface area contributed by atoms with E-state index >= 15 is 0 Å². The normalized spacial score (nSPS) is 11.4. The van der Waals surface area contributed by atoms with E-state index in [1.807, 2.05) is 91.0 Å². The first-order valence-electron chi connectivity index (χ1n) is 10.1. The molecule has 0 spiro atoms. The molecule has 1 atom stereocenters. The predicted octanol–water partition coefficient (Wildman–Crippen LogP) is 4.53. The Morgan fingerprint density at radius 2 is 1.29 bits per heavy atom. The zero-order chi connectivity index (χ0) is 21.7. The standard InChI is InChI=1S/C25H26N2O4/c28-24(27-25(29)31-18-21-12-6-2-7-13-21)16-23(26-22-14-8-3-9-15-22)19-30-17-20-10-4-1-5-11-20/h1-15,23,26H,16-19H2,(H,27,28,29)/t23-/m1/s1. The van der Waals surface area contributed by atoms with Gasteiger partial charge >= 0.3 is 6.09 Å². The number of carbonyl (C=O) groups is 2. The molecule has 6 heteroatoms. The summed E-state index contributed by atoms with van der Waals surface area (Å²) in [5.74, 6) is -0.435. The average Bonchev–Trinajstić information content (AvgIpc) is 2.79. The van der Waals surface area contributed by atoms with Gasteiger partial charge in [0.2, 0.25) is 5.91 Å². The lowest BCUT2D eigenvalue weighted by atomic mass is 10.2. The highest BCUT2D eigenvalue weighted by molar-refractivity contribution is 5.92. The molecule has 2 N–H and O–H groups in total. The fourth-order valence-corrected chi connectivity index (χ4v) is 2.96. The summed E-state index contributed by atoms with van der Waals surface area (Å²) in [4.78, 5) is 24.4. The van der Waals surface area contributed by atoms with Gasteiger partial charge < -0.3 is 14.8 Å². The number of alkyl carbamates (subject to hydrolysis) is 1. The van der Waals surface area contributed by atoms with Crippen molar-refractivity contribution in [1.82, 2.24) is 5.32 Å². The molecule has 160 valence electrons. The van der Waals surface area contributed by atoms with Gasteiger partial charge in [-0.15, -0.1) is 0 Å². The molecule has 6 nitrogen and oxygen atoms in total. The second kappa shape index (κ2) is 12.1. The van der Waals surface area contributed by atoms with Crippen LogP contribution >= 0.6 is 0 Å². The maximum absolute atomic E-state index is 12.4. The maximum Gasteiger partial charge on any atom is 0.414 e. The molecule has 0 saturated carbocycles. The number of amides is 2. The van der Waals surface area contributed by atoms with Crippen LogP contribution in [0.4, 0.5) is 10.5 Å². The Bertz CT molecular complexity index is 934. The number of carbonyl (C=O) groups excluding carboxylic acids is 2. The van der Waals surface area contributed by atoms with Crippen LogP contribution in [0, 0.1) is 0 Å². The molecule has 0 aliphatic carbocycles. The van der Waals surface area contributed by atoms with Gasteiger partial charge in [0.05, 0.1) is 19.3 Å². The number of para-hydroxylation sites is 1. The van der Waals surface area contributed by atoms with Crippen LogP contribution in [0.1, 0.15) is 17.5 Å². The molecule has 0 saturated heterocycles. The Labute approximate surface area is 182 Å². The van der Waals surface area contributed by atoms with Crippen molar-refractivity contribution >= 4 is 17.7 Å². The molecular weight excluding hydrogens is 392 g/mol. The van der Waals surface area contributed by atoms with Crippen molar-refractivity contribution in [3.05, 3.63) is 102 Å². The molecule has 0 fully saturated rings. The van der Waals surface area contributed by atoms with Gasteiger partial charge in [-0.25, -0.2) is 4.79 Å². The molecule has 0 unspecified atom stereocenters. The van der Waals surface area contributed by atoms with Crippen LogP contribution in [0.25, 0.3) is 0 Å². The zero-order valence-electron chi connectivity index (χ0n) is 17.2. The minimum atomic E-state index is -0.766. The van der Waals surface area contributed by atoms with E-state index in [4.69, 9.17) is 9.47 Å². The third-order valence-corrected chi connectivity index (χ3v) is 4.46. The monoisotopic (exact) mass is 418 g/mol. The lowest BCUT2D eigenvalue weighted by Gasteiger charge is -2.19. The molecule has 31 heavy (non-hydrogen) atoms. The van der Waals surface area contributed by atoms with E-state index in [9.17, 15) is 9.59 Å². The molecule has 0 heterocycles. The third kappa shape index (κ3) is 8.32. The highest BCUT2D eigenvalue weighted by atomic mass is 16.5. The quantitative estimate of drug-likeness (QED) is 0.506. The van der Waals surface area contributed by atoms with Crippen LogP contribution in [0.3, 0.4) is 0 Å². The summed E-state index contributed by atoms with van der Waals surface area (Å²) >= 11 is 0. The van der Waals surface area contributed by atoms with E-state index in [0.29, 0.717) is 13.2 Å². The summed E-state index contributed by atoms with van der Waals surface area (Å²) in [5, 5.41) is 5.57. The van der Waals surface area contributed by atoms with Crippen LogP contribution in [-0.4, -0.2) is 24.6 Å². The highest BCUT2D eigenvalue weighted by Gasteiger charge is 2.17. The second-order valence-corrected chi connectivity index (χ2v) is 7.02. The van der Waals surface area contributed by atoms with Crippen molar-refractivity contribution in [2.75, 3.05) is 11.9 Å². The summed E-state index contributed by atoms with van der Waals surface area (Å²) in [6, 6.07) is 28.4. The van der Waals surface area contributed by atoms with Crippen LogP contribution in [0.15, 0.2) is 91.0 Å². The van der Waals surface area contributed by atoms with Crippen LogP contribution in [-0.2, 0) is 27.5 Å². The van der Waals surface area contributed by atoms with Gasteiger partial charge in [0.1, 0.15) is 6.61 Å². The Morgan fingerprint density at radius 1 is 0.742 bits per heavy atom. The Morgan fingerprint density at radius 3 is 1.90 bits per heavy atom. The zero-order valence-corrected chi connectivity index (χ0v) is 17.2. The van der Waals surface area contributed by atoms with E-state index in [0.717, 1.165) is 16.8 Å². The Kier molecular flexibility index (Phi) is 8.64. The van der Waals surface area contributed by atoms with E-state index < -0.39 is 12.0 Å². The molecule has 2 amide bonds. The topological polar surface area (TPSA) is 76.7 Å². The van der Waals surface area contributed by atoms with Crippen LogP contribution < -0.4 is 10.6 Å². The van der Waals surface area contributed by atoms with Crippen molar-refractivity contribution in [3.63, 3.8) is 0 Å². The number of anilines is 1. The SMILES string of the molecule is O=C(C[C@H](COCc1ccccc1)Nc1ccccc1)NC(=O)OCc1ccccc1. The Balaban J connectivity index is 1.49. The molecule has 3 aromatic carbocycles. The van der Waals surface area contributed by atoms with Crippen molar-refractivity contribution in [1.29, 1.82) is 0 Å².